The lowest BCUT2D eigenvalue weighted by molar-refractivity contribution is -0.144. The Kier molecular flexibility index (Phi) is 6.12. The highest BCUT2D eigenvalue weighted by Crippen LogP contribution is 2.33. The number of hydrogen-bond acceptors (Lipinski definition) is 6. The van der Waals surface area contributed by atoms with Gasteiger partial charge in [0.25, 0.3) is 11.7 Å². The normalized spacial score (nSPS) is 13.6. The maximum absolute atomic E-state index is 12.4. The van der Waals surface area contributed by atoms with Crippen molar-refractivity contribution >= 4 is 56.7 Å². The zero-order valence-electron chi connectivity index (χ0n) is 16.1. The van der Waals surface area contributed by atoms with Gasteiger partial charge in [-0.25, -0.2) is 4.79 Å². The fourth-order valence-corrected chi connectivity index (χ4v) is 3.37. The zero-order valence-corrected chi connectivity index (χ0v) is 17.7. The molecule has 0 spiro atoms. The molecule has 1 N–H and O–H groups in total. The molecule has 0 radical (unpaired) electrons. The summed E-state index contributed by atoms with van der Waals surface area (Å²) in [6.07, 6.45) is 0. The lowest BCUT2D eigenvalue weighted by Crippen LogP contribution is -2.43. The predicted molar refractivity (Wildman–Crippen MR) is 111 cm³/mol. The fraction of sp³-hybridized carbons (Fsp3) is 0.190. The minimum atomic E-state index is -1.08. The zero-order chi connectivity index (χ0) is 22.0. The molecule has 2 aromatic rings. The van der Waals surface area contributed by atoms with E-state index in [-0.39, 0.29) is 11.5 Å². The van der Waals surface area contributed by atoms with Crippen molar-refractivity contribution in [2.24, 2.45) is 0 Å². The Hall–Kier alpha value is -3.33. The van der Waals surface area contributed by atoms with E-state index in [2.05, 4.69) is 21.2 Å². The molecule has 0 aliphatic carbocycles. The number of nitrogens with one attached hydrogen (secondary N) is 1. The molecule has 0 aromatic heterocycles. The van der Waals surface area contributed by atoms with Gasteiger partial charge in [0.1, 0.15) is 6.04 Å². The molecule has 30 heavy (non-hydrogen) atoms. The predicted octanol–water partition coefficient (Wildman–Crippen LogP) is 2.75. The highest BCUT2D eigenvalue weighted by molar-refractivity contribution is 9.10. The van der Waals surface area contributed by atoms with Crippen LogP contribution in [0.15, 0.2) is 46.9 Å². The maximum atomic E-state index is 12.4. The van der Waals surface area contributed by atoms with Crippen LogP contribution in [0.25, 0.3) is 0 Å². The minimum absolute atomic E-state index is 0.198. The molecule has 1 aliphatic heterocycles. The quantitative estimate of drug-likeness (QED) is 0.393. The van der Waals surface area contributed by atoms with Crippen molar-refractivity contribution < 1.29 is 28.7 Å². The second-order valence-electron chi connectivity index (χ2n) is 6.63. The number of ketones is 2. The molecule has 8 nitrogen and oxygen atoms in total. The number of Topliss-reactive ketones (excluding diaryl/α,β-unsaturated/α-hetero) is 2. The monoisotopic (exact) mass is 472 g/mol. The van der Waals surface area contributed by atoms with Crippen LogP contribution in [-0.2, 0) is 19.1 Å². The van der Waals surface area contributed by atoms with Crippen LogP contribution in [0.1, 0.15) is 34.6 Å². The summed E-state index contributed by atoms with van der Waals surface area (Å²) < 4.78 is 5.71. The van der Waals surface area contributed by atoms with Crippen molar-refractivity contribution in [1.82, 2.24) is 0 Å². The number of esters is 1. The van der Waals surface area contributed by atoms with Crippen molar-refractivity contribution in [3.8, 4) is 0 Å². The van der Waals surface area contributed by atoms with Gasteiger partial charge >= 0.3 is 5.97 Å². The Morgan fingerprint density at radius 1 is 1.10 bits per heavy atom. The van der Waals surface area contributed by atoms with E-state index in [0.29, 0.717) is 21.4 Å². The topological polar surface area (TPSA) is 110 Å². The van der Waals surface area contributed by atoms with Crippen LogP contribution < -0.4 is 10.2 Å². The number of carbonyl (C=O) groups is 5. The molecule has 0 saturated carbocycles. The molecule has 1 unspecified atom stereocenters. The summed E-state index contributed by atoms with van der Waals surface area (Å²) in [6.45, 7) is 2.28. The number of halogens is 1. The molecule has 1 aliphatic rings. The highest BCUT2D eigenvalue weighted by atomic mass is 79.9. The number of nitrogens with zero attached hydrogens (tertiary/aromatic N) is 1. The second kappa shape index (κ2) is 8.58. The lowest BCUT2D eigenvalue weighted by atomic mass is 10.1. The van der Waals surface area contributed by atoms with Crippen molar-refractivity contribution in [2.75, 3.05) is 16.8 Å². The van der Waals surface area contributed by atoms with E-state index >= 15 is 0 Å². The molecule has 2 amide bonds. The molecule has 0 fully saturated rings. The largest absolute Gasteiger partial charge is 0.456 e. The first-order chi connectivity index (χ1) is 14.2. The summed E-state index contributed by atoms with van der Waals surface area (Å²) in [4.78, 5) is 61.3. The van der Waals surface area contributed by atoms with Crippen LogP contribution in [0.3, 0.4) is 0 Å². The van der Waals surface area contributed by atoms with Gasteiger partial charge in [-0.1, -0.05) is 15.9 Å². The van der Waals surface area contributed by atoms with Crippen LogP contribution in [-0.4, -0.2) is 42.0 Å². The maximum Gasteiger partial charge on any atom is 0.329 e. The first-order valence-electron chi connectivity index (χ1n) is 8.94. The SMILES string of the molecule is CC(=O)Nc1ccc(C(=O)COC(=O)C(C)N2C(=O)C(=O)c3cc(Br)ccc32)cc1. The van der Waals surface area contributed by atoms with Crippen LogP contribution in [0.5, 0.6) is 0 Å². The van der Waals surface area contributed by atoms with E-state index in [4.69, 9.17) is 4.74 Å². The van der Waals surface area contributed by atoms with E-state index < -0.39 is 36.1 Å². The van der Waals surface area contributed by atoms with Gasteiger partial charge in [0.15, 0.2) is 12.4 Å². The number of hydrogen-bond donors (Lipinski definition) is 1. The Labute approximate surface area is 180 Å². The Morgan fingerprint density at radius 3 is 2.40 bits per heavy atom. The van der Waals surface area contributed by atoms with Crippen LogP contribution in [0.4, 0.5) is 11.4 Å². The molecule has 0 saturated heterocycles. The van der Waals surface area contributed by atoms with E-state index in [1.807, 2.05) is 0 Å². The standard InChI is InChI=1S/C21H17BrN2O6/c1-11(24-17-8-5-14(22)9-16(17)19(27)20(24)28)21(29)30-10-18(26)13-3-6-15(7-4-13)23-12(2)25/h3-9,11H,10H2,1-2H3,(H,23,25). The summed E-state index contributed by atoms with van der Waals surface area (Å²) in [6, 6.07) is 9.77. The summed E-state index contributed by atoms with van der Waals surface area (Å²) in [7, 11) is 0. The molecular weight excluding hydrogens is 456 g/mol. The van der Waals surface area contributed by atoms with E-state index in [9.17, 15) is 24.0 Å². The number of carbonyl (C=O) groups excluding carboxylic acids is 5. The third-order valence-corrected chi connectivity index (χ3v) is 4.97. The second-order valence-corrected chi connectivity index (χ2v) is 7.55. The summed E-state index contributed by atoms with van der Waals surface area (Å²) >= 11 is 3.25. The number of benzene rings is 2. The Morgan fingerprint density at radius 2 is 1.77 bits per heavy atom. The molecule has 2 aromatic carbocycles. The highest BCUT2D eigenvalue weighted by Gasteiger charge is 2.41. The molecular formula is C21H17BrN2O6. The third-order valence-electron chi connectivity index (χ3n) is 4.48. The van der Waals surface area contributed by atoms with Gasteiger partial charge in [0, 0.05) is 22.6 Å². The van der Waals surface area contributed by atoms with Gasteiger partial charge < -0.3 is 10.1 Å². The average molecular weight is 473 g/mol. The molecule has 154 valence electrons. The minimum Gasteiger partial charge on any atom is -0.456 e. The van der Waals surface area contributed by atoms with Crippen molar-refractivity contribution in [3.05, 3.63) is 58.1 Å². The number of amides is 2. The smallest absolute Gasteiger partial charge is 0.329 e. The van der Waals surface area contributed by atoms with Crippen molar-refractivity contribution in [3.63, 3.8) is 0 Å². The average Bonchev–Trinajstić information content (AvgIpc) is 2.95. The van der Waals surface area contributed by atoms with Crippen molar-refractivity contribution in [2.45, 2.75) is 19.9 Å². The first kappa shape index (κ1) is 21.4. The van der Waals surface area contributed by atoms with Gasteiger partial charge in [0.2, 0.25) is 5.91 Å². The first-order valence-corrected chi connectivity index (χ1v) is 9.73. The van der Waals surface area contributed by atoms with Gasteiger partial charge in [-0.05, 0) is 49.4 Å². The van der Waals surface area contributed by atoms with Gasteiger partial charge in [0.05, 0.1) is 11.3 Å². The Balaban J connectivity index is 1.65. The number of anilines is 2. The summed E-state index contributed by atoms with van der Waals surface area (Å²) in [5, 5.41) is 2.58. The van der Waals surface area contributed by atoms with Crippen molar-refractivity contribution in [1.29, 1.82) is 0 Å². The molecule has 9 heteroatoms. The molecule has 3 rings (SSSR count). The van der Waals surface area contributed by atoms with E-state index in [1.165, 1.54) is 32.0 Å². The number of fused-ring (bicyclic) bond motifs is 1. The number of rotatable bonds is 6. The summed E-state index contributed by atoms with van der Waals surface area (Å²) in [5.74, 6) is -3.03. The Bertz CT molecular complexity index is 1060. The molecule has 1 heterocycles. The van der Waals surface area contributed by atoms with Gasteiger partial charge in [-0.2, -0.15) is 0 Å². The number of ether oxygens (including phenoxy) is 1. The van der Waals surface area contributed by atoms with Crippen LogP contribution >= 0.6 is 15.9 Å². The molecule has 0 bridgehead atoms. The van der Waals surface area contributed by atoms with E-state index in [0.717, 1.165) is 4.90 Å². The van der Waals surface area contributed by atoms with Crippen LogP contribution in [0.2, 0.25) is 0 Å². The summed E-state index contributed by atoms with van der Waals surface area (Å²) in [5.41, 5.74) is 1.35. The third kappa shape index (κ3) is 4.30. The van der Waals surface area contributed by atoms with Crippen LogP contribution in [0, 0.1) is 0 Å². The van der Waals surface area contributed by atoms with Gasteiger partial charge in [-0.15, -0.1) is 0 Å². The van der Waals surface area contributed by atoms with Gasteiger partial charge in [-0.3, -0.25) is 24.1 Å². The molecule has 1 atom stereocenters. The fourth-order valence-electron chi connectivity index (χ4n) is 3.01. The lowest BCUT2D eigenvalue weighted by Gasteiger charge is -2.22. The van der Waals surface area contributed by atoms with E-state index in [1.54, 1.807) is 24.3 Å².